The molecule has 0 saturated carbocycles. The molecule has 2 N–H and O–H groups in total. The number of fused-ring (bicyclic) bond motifs is 2. The fourth-order valence-corrected chi connectivity index (χ4v) is 9.38. The molecular formula is C43H64N4O10. The van der Waals surface area contributed by atoms with Crippen molar-refractivity contribution in [1.82, 2.24) is 20.3 Å². The highest BCUT2D eigenvalue weighted by Gasteiger charge is 2.61. The van der Waals surface area contributed by atoms with Crippen LogP contribution in [0.25, 0.3) is 10.9 Å². The summed E-state index contributed by atoms with van der Waals surface area (Å²) in [5, 5.41) is 13.9. The van der Waals surface area contributed by atoms with Crippen LogP contribution in [0.4, 0.5) is 4.79 Å². The summed E-state index contributed by atoms with van der Waals surface area (Å²) < 4.78 is 31.1. The van der Waals surface area contributed by atoms with E-state index in [2.05, 4.69) is 10.4 Å². The first-order chi connectivity index (χ1) is 26.9. The van der Waals surface area contributed by atoms with Gasteiger partial charge in [0.15, 0.2) is 17.7 Å². The molecule has 2 aromatic rings. The molecule has 1 amide bonds. The normalized spacial score (nSPS) is 37.2. The molecule has 13 atom stereocenters. The number of aliphatic hydroxyl groups excluding tert-OH is 1. The van der Waals surface area contributed by atoms with E-state index in [-0.39, 0.29) is 30.8 Å². The number of likely N-dealkylation sites (N-methyl/N-ethyl adjacent to an activating group) is 1. The number of methoxy groups -OCH3 is 1. The number of rotatable bonds is 10. The minimum Gasteiger partial charge on any atom is -0.458 e. The molecule has 3 saturated heterocycles. The molecule has 0 unspecified atom stereocenters. The summed E-state index contributed by atoms with van der Waals surface area (Å²) in [4.78, 5) is 63.1. The van der Waals surface area contributed by atoms with Gasteiger partial charge in [0.05, 0.1) is 23.3 Å². The molecule has 0 radical (unpaired) electrons. The number of nitrogens with one attached hydrogen (secondary N) is 1. The van der Waals surface area contributed by atoms with Crippen LogP contribution in [0.2, 0.25) is 0 Å². The number of cyclic esters (lactones) is 1. The first kappa shape index (κ1) is 44.6. The molecule has 0 spiro atoms. The Balaban J connectivity index is 1.47. The lowest BCUT2D eigenvalue weighted by Gasteiger charge is -2.47. The Bertz CT molecular complexity index is 1750. The molecule has 1 aromatic heterocycles. The van der Waals surface area contributed by atoms with Crippen molar-refractivity contribution < 1.29 is 48.0 Å². The van der Waals surface area contributed by atoms with E-state index >= 15 is 0 Å². The van der Waals surface area contributed by atoms with Crippen LogP contribution >= 0.6 is 0 Å². The summed E-state index contributed by atoms with van der Waals surface area (Å²) in [6, 6.07) is 8.76. The van der Waals surface area contributed by atoms with E-state index in [4.69, 9.17) is 23.7 Å². The van der Waals surface area contributed by atoms with E-state index in [0.717, 1.165) is 16.5 Å². The fourth-order valence-electron chi connectivity index (χ4n) is 9.38. The molecule has 3 aliphatic rings. The van der Waals surface area contributed by atoms with Crippen LogP contribution in [-0.2, 0) is 44.5 Å². The highest BCUT2D eigenvalue weighted by Crippen LogP contribution is 2.42. The second-order valence-corrected chi connectivity index (χ2v) is 17.1. The Morgan fingerprint density at radius 3 is 2.39 bits per heavy atom. The number of hydrazine groups is 1. The van der Waals surface area contributed by atoms with Gasteiger partial charge in [-0.15, -0.1) is 0 Å². The predicted molar refractivity (Wildman–Crippen MR) is 213 cm³/mol. The zero-order chi connectivity index (χ0) is 42.0. The molecule has 57 heavy (non-hydrogen) atoms. The van der Waals surface area contributed by atoms with Crippen molar-refractivity contribution in [3.8, 4) is 0 Å². The number of nitrogens with zero attached hydrogens (tertiary/aromatic N) is 3. The molecule has 14 nitrogen and oxygen atoms in total. The maximum absolute atomic E-state index is 14.7. The number of aliphatic hydroxyl groups is 1. The van der Waals surface area contributed by atoms with Gasteiger partial charge in [0.2, 0.25) is 0 Å². The number of carbonyl (C=O) groups is 4. The Labute approximate surface area is 337 Å². The molecule has 0 aliphatic carbocycles. The van der Waals surface area contributed by atoms with E-state index in [1.807, 2.05) is 63.2 Å². The number of hydrogen-bond donors (Lipinski definition) is 2. The molecule has 1 aromatic carbocycles. The summed E-state index contributed by atoms with van der Waals surface area (Å²) in [5.41, 5.74) is 2.57. The number of aryl methyl sites for hydroxylation is 1. The van der Waals surface area contributed by atoms with Crippen molar-refractivity contribution in [2.75, 3.05) is 27.7 Å². The molecule has 4 heterocycles. The summed E-state index contributed by atoms with van der Waals surface area (Å²) in [5.74, 6) is -5.08. The van der Waals surface area contributed by atoms with Gasteiger partial charge in [-0.3, -0.25) is 19.4 Å². The van der Waals surface area contributed by atoms with E-state index in [9.17, 15) is 24.3 Å². The van der Waals surface area contributed by atoms with E-state index < -0.39 is 83.4 Å². The SMILES string of the molecule is CC[C@H]1OC(=O)[C@H](C)C(=O)[C@H](C)[C@H](O[C@@H]2O[C@H](C)C[C@H](N(C)C)[C@@H]2O)[C@](C)(OC)C[C@@H](C)C(=O)[C@@H](C)[C@@H]2N(NCCCc3ccnc4ccccc34)C(=O)O[C@]21C. The lowest BCUT2D eigenvalue weighted by Crippen LogP contribution is -2.61. The molecule has 3 aliphatic heterocycles. The number of ketones is 2. The first-order valence-electron chi connectivity index (χ1n) is 20.4. The Hall–Kier alpha value is -3.53. The Kier molecular flexibility index (Phi) is 14.2. The van der Waals surface area contributed by atoms with Crippen LogP contribution in [0.1, 0.15) is 86.6 Å². The van der Waals surface area contributed by atoms with Crippen LogP contribution in [0.5, 0.6) is 0 Å². The summed E-state index contributed by atoms with van der Waals surface area (Å²) in [6.07, 6.45) is -1.07. The van der Waals surface area contributed by atoms with E-state index in [1.54, 1.807) is 40.8 Å². The molecular weight excluding hydrogens is 732 g/mol. The zero-order valence-electron chi connectivity index (χ0n) is 35.5. The third-order valence-corrected chi connectivity index (χ3v) is 12.7. The number of hydrogen-bond acceptors (Lipinski definition) is 13. The number of esters is 1. The highest BCUT2D eigenvalue weighted by molar-refractivity contribution is 6.00. The van der Waals surface area contributed by atoms with Crippen LogP contribution in [0.15, 0.2) is 36.5 Å². The number of amides is 1. The Morgan fingerprint density at radius 2 is 1.72 bits per heavy atom. The zero-order valence-corrected chi connectivity index (χ0v) is 35.5. The molecule has 316 valence electrons. The maximum Gasteiger partial charge on any atom is 0.425 e. The minimum absolute atomic E-state index is 0.117. The third-order valence-electron chi connectivity index (χ3n) is 12.7. The van der Waals surface area contributed by atoms with Gasteiger partial charge in [-0.2, -0.15) is 0 Å². The average Bonchev–Trinajstić information content (AvgIpc) is 3.45. The topological polar surface area (TPSA) is 166 Å². The van der Waals surface area contributed by atoms with Crippen LogP contribution in [-0.4, -0.2) is 125 Å². The number of para-hydroxylation sites is 1. The second-order valence-electron chi connectivity index (χ2n) is 17.1. The monoisotopic (exact) mass is 796 g/mol. The van der Waals surface area contributed by atoms with Gasteiger partial charge in [-0.1, -0.05) is 45.9 Å². The number of ether oxygens (including phenoxy) is 5. The molecule has 3 fully saturated rings. The van der Waals surface area contributed by atoms with Crippen molar-refractivity contribution in [2.45, 2.75) is 141 Å². The lowest BCUT2D eigenvalue weighted by molar-refractivity contribution is -0.295. The van der Waals surface area contributed by atoms with Crippen LogP contribution < -0.4 is 5.43 Å². The molecule has 5 rings (SSSR count). The van der Waals surface area contributed by atoms with Gasteiger partial charge in [-0.05, 0) is 91.6 Å². The quantitative estimate of drug-likeness (QED) is 0.190. The van der Waals surface area contributed by atoms with Crippen molar-refractivity contribution >= 4 is 34.5 Å². The molecule has 0 bridgehead atoms. The van der Waals surface area contributed by atoms with Crippen molar-refractivity contribution in [3.63, 3.8) is 0 Å². The summed E-state index contributed by atoms with van der Waals surface area (Å²) in [7, 11) is 5.23. The largest absolute Gasteiger partial charge is 0.458 e. The van der Waals surface area contributed by atoms with Gasteiger partial charge in [0.25, 0.3) is 0 Å². The number of Topliss-reactive ketones (excluding diaryl/α,β-unsaturated/α-hetero) is 2. The van der Waals surface area contributed by atoms with E-state index in [0.29, 0.717) is 25.8 Å². The van der Waals surface area contributed by atoms with Gasteiger partial charge in [0.1, 0.15) is 30.0 Å². The summed E-state index contributed by atoms with van der Waals surface area (Å²) in [6.45, 7) is 14.3. The van der Waals surface area contributed by atoms with Crippen LogP contribution in [0, 0.1) is 23.7 Å². The fraction of sp³-hybridized carbons (Fsp3) is 0.698. The van der Waals surface area contributed by atoms with Gasteiger partial charge < -0.3 is 33.7 Å². The van der Waals surface area contributed by atoms with Gasteiger partial charge in [-0.25, -0.2) is 15.2 Å². The lowest BCUT2D eigenvalue weighted by atomic mass is 9.73. The minimum atomic E-state index is -1.45. The van der Waals surface area contributed by atoms with Gasteiger partial charge >= 0.3 is 12.1 Å². The summed E-state index contributed by atoms with van der Waals surface area (Å²) >= 11 is 0. The Morgan fingerprint density at radius 1 is 1.02 bits per heavy atom. The van der Waals surface area contributed by atoms with E-state index in [1.165, 1.54) is 19.0 Å². The van der Waals surface area contributed by atoms with Gasteiger partial charge in [0, 0.05) is 49.0 Å². The standard InChI is InChI=1S/C43H64N4O10/c1-12-33-43(8)37(47(41(52)57-43)45-20-15-16-29-19-21-44-31-18-14-13-17-30(29)31)26(4)34(48)24(2)23-42(7,53-11)38(27(5)35(49)28(6)39(51)55-33)56-40-36(50)32(46(9)10)22-25(3)54-40/h13-14,17-19,21,24-28,32-33,36-38,40,45,50H,12,15-16,20,22-23H2,1-11H3/t24-,25-,26-,27+,28-,32+,33-,36+,37+,38+,40+,42-,43+/m1/s1. The smallest absolute Gasteiger partial charge is 0.425 e. The number of benzene rings is 1. The number of carbonyl (C=O) groups excluding carboxylic acids is 4. The number of pyridine rings is 1. The van der Waals surface area contributed by atoms with Crippen LogP contribution in [0.3, 0.4) is 0 Å². The highest BCUT2D eigenvalue weighted by atomic mass is 16.7. The average molecular weight is 797 g/mol. The molecule has 14 heteroatoms. The van der Waals surface area contributed by atoms with Crippen molar-refractivity contribution in [1.29, 1.82) is 0 Å². The van der Waals surface area contributed by atoms with Crippen molar-refractivity contribution in [3.05, 3.63) is 42.1 Å². The second kappa shape index (κ2) is 18.2. The maximum atomic E-state index is 14.7. The third kappa shape index (κ3) is 9.06. The number of aromatic nitrogens is 1. The van der Waals surface area contributed by atoms with Crippen molar-refractivity contribution in [2.24, 2.45) is 23.7 Å². The first-order valence-corrected chi connectivity index (χ1v) is 20.4. The predicted octanol–water partition coefficient (Wildman–Crippen LogP) is 4.88.